The third-order valence-corrected chi connectivity index (χ3v) is 3.90. The van der Waals surface area contributed by atoms with E-state index in [1.807, 2.05) is 0 Å². The summed E-state index contributed by atoms with van der Waals surface area (Å²) in [5.74, 6) is 3.66. The summed E-state index contributed by atoms with van der Waals surface area (Å²) in [7, 11) is -1.07. The van der Waals surface area contributed by atoms with E-state index in [4.69, 9.17) is 10.5 Å². The summed E-state index contributed by atoms with van der Waals surface area (Å²) >= 11 is 0. The molecule has 0 radical (unpaired) electrons. The summed E-state index contributed by atoms with van der Waals surface area (Å²) < 4.78 is 5.13. The molecule has 118 valence electrons. The number of carbonyl (C=O) groups is 2. The molecule has 22 heavy (non-hydrogen) atoms. The third-order valence-electron chi connectivity index (χ3n) is 3.90. The summed E-state index contributed by atoms with van der Waals surface area (Å²) in [5.41, 5.74) is 2.17. The fraction of sp³-hybridized carbons (Fsp3) is 0.429. The van der Waals surface area contributed by atoms with E-state index in [1.54, 1.807) is 32.9 Å². The largest absolute Gasteiger partial charge is 0.492 e. The number of rotatable bonds is 4. The maximum Gasteiger partial charge on any atom is 0.492 e. The summed E-state index contributed by atoms with van der Waals surface area (Å²) in [6, 6.07) is 2.14. The molecule has 0 unspecified atom stereocenters. The molecule has 4 N–H and O–H groups in total. The smallest absolute Gasteiger partial charge is 0.480 e. The summed E-state index contributed by atoms with van der Waals surface area (Å²) in [6.45, 7) is 5.32. The molecule has 0 bridgehead atoms. The zero-order valence-corrected chi connectivity index (χ0v) is 12.7. The van der Waals surface area contributed by atoms with E-state index in [0.717, 1.165) is 10.6 Å². The predicted molar refractivity (Wildman–Crippen MR) is 80.2 cm³/mol. The van der Waals surface area contributed by atoms with Crippen molar-refractivity contribution in [2.75, 3.05) is 0 Å². The number of nitrogens with zero attached hydrogens (tertiary/aromatic N) is 1. The lowest BCUT2D eigenvalue weighted by molar-refractivity contribution is -0.144. The van der Waals surface area contributed by atoms with Crippen molar-refractivity contribution in [2.45, 2.75) is 33.4 Å². The first kappa shape index (κ1) is 16.5. The Bertz CT molecular complexity index is 619. The van der Waals surface area contributed by atoms with Crippen molar-refractivity contribution in [2.24, 2.45) is 11.8 Å². The standard InChI is InChI=1S/C14H19BN2O5/c1-7(2)12(14(19)20)17(16)13(18)10-5-4-9-6-22-15(21)11(9)8(10)3/h4-5,7,12,21H,6,16H2,1-3H3,(H,19,20)/t12-/m0/s1. The van der Waals surface area contributed by atoms with Crippen molar-refractivity contribution < 1.29 is 24.4 Å². The maximum atomic E-state index is 12.5. The number of hydrogen-bond acceptors (Lipinski definition) is 5. The van der Waals surface area contributed by atoms with E-state index in [2.05, 4.69) is 0 Å². The Morgan fingerprint density at radius 2 is 2.05 bits per heavy atom. The highest BCUT2D eigenvalue weighted by Gasteiger charge is 2.35. The lowest BCUT2D eigenvalue weighted by Gasteiger charge is -2.27. The van der Waals surface area contributed by atoms with E-state index in [0.29, 0.717) is 11.0 Å². The summed E-state index contributed by atoms with van der Waals surface area (Å²) in [5, 5.41) is 19.8. The number of hydrazine groups is 1. The van der Waals surface area contributed by atoms with Gasteiger partial charge in [0.05, 0.1) is 6.61 Å². The Kier molecular flexibility index (Phi) is 4.55. The molecule has 1 amide bonds. The molecule has 0 saturated carbocycles. The fourth-order valence-corrected chi connectivity index (χ4v) is 2.73. The Morgan fingerprint density at radius 3 is 2.59 bits per heavy atom. The van der Waals surface area contributed by atoms with Crippen LogP contribution in [0.15, 0.2) is 12.1 Å². The molecule has 0 fully saturated rings. The number of benzene rings is 1. The Balaban J connectivity index is 2.38. The average Bonchev–Trinajstić information content (AvgIpc) is 2.80. The monoisotopic (exact) mass is 306 g/mol. The van der Waals surface area contributed by atoms with Gasteiger partial charge < -0.3 is 14.8 Å². The zero-order valence-electron chi connectivity index (χ0n) is 12.7. The van der Waals surface area contributed by atoms with Gasteiger partial charge in [-0.2, -0.15) is 0 Å². The van der Waals surface area contributed by atoms with Crippen LogP contribution in [0.5, 0.6) is 0 Å². The molecule has 1 atom stereocenters. The van der Waals surface area contributed by atoms with E-state index >= 15 is 0 Å². The first-order valence-corrected chi connectivity index (χ1v) is 6.98. The number of fused-ring (bicyclic) bond motifs is 1. The molecule has 0 spiro atoms. The number of carboxylic acids is 1. The van der Waals surface area contributed by atoms with E-state index < -0.39 is 25.0 Å². The minimum atomic E-state index is -1.16. The van der Waals surface area contributed by atoms with E-state index in [-0.39, 0.29) is 18.1 Å². The Labute approximate surface area is 128 Å². The molecule has 0 aliphatic carbocycles. The molecule has 0 aromatic heterocycles. The molecule has 1 aromatic carbocycles. The van der Waals surface area contributed by atoms with Gasteiger partial charge >= 0.3 is 13.1 Å². The molecule has 2 rings (SSSR count). The number of hydrogen-bond donors (Lipinski definition) is 3. The van der Waals surface area contributed by atoms with Crippen molar-refractivity contribution in [1.82, 2.24) is 5.01 Å². The van der Waals surface area contributed by atoms with Crippen LogP contribution < -0.4 is 11.3 Å². The van der Waals surface area contributed by atoms with Gasteiger partial charge in [-0.25, -0.2) is 10.6 Å². The number of carbonyl (C=O) groups excluding carboxylic acids is 1. The number of aliphatic carboxylic acids is 1. The van der Waals surface area contributed by atoms with Crippen molar-refractivity contribution in [3.05, 3.63) is 28.8 Å². The SMILES string of the molecule is Cc1c(C(=O)N(N)[C@H](C(=O)O)C(C)C)ccc2c1B(O)OC2. The first-order valence-electron chi connectivity index (χ1n) is 6.98. The topological polar surface area (TPSA) is 113 Å². The average molecular weight is 306 g/mol. The fourth-order valence-electron chi connectivity index (χ4n) is 2.73. The van der Waals surface area contributed by atoms with Crippen LogP contribution in [-0.4, -0.2) is 40.2 Å². The molecule has 0 saturated heterocycles. The van der Waals surface area contributed by atoms with E-state index in [9.17, 15) is 19.7 Å². The second-order valence-electron chi connectivity index (χ2n) is 5.71. The lowest BCUT2D eigenvalue weighted by Crippen LogP contribution is -2.52. The van der Waals surface area contributed by atoms with Crippen LogP contribution >= 0.6 is 0 Å². The van der Waals surface area contributed by atoms with Crippen LogP contribution in [0.25, 0.3) is 0 Å². The second-order valence-corrected chi connectivity index (χ2v) is 5.71. The van der Waals surface area contributed by atoms with Crippen LogP contribution in [0.1, 0.15) is 35.3 Å². The predicted octanol–water partition coefficient (Wildman–Crippen LogP) is -0.362. The molecule has 1 aliphatic heterocycles. The van der Waals surface area contributed by atoms with Gasteiger partial charge in [0.15, 0.2) is 0 Å². The molecule has 1 heterocycles. The van der Waals surface area contributed by atoms with Gasteiger partial charge in [-0.3, -0.25) is 9.80 Å². The summed E-state index contributed by atoms with van der Waals surface area (Å²) in [6.07, 6.45) is 0. The first-order chi connectivity index (χ1) is 10.3. The normalized spacial score (nSPS) is 14.9. The van der Waals surface area contributed by atoms with Gasteiger partial charge in [0, 0.05) is 5.56 Å². The molecular weight excluding hydrogens is 287 g/mol. The van der Waals surface area contributed by atoms with Crippen LogP contribution in [0.3, 0.4) is 0 Å². The van der Waals surface area contributed by atoms with Gasteiger partial charge in [-0.1, -0.05) is 19.9 Å². The minimum absolute atomic E-state index is 0.262. The highest BCUT2D eigenvalue weighted by molar-refractivity contribution is 6.62. The molecule has 7 nitrogen and oxygen atoms in total. The molecular formula is C14H19BN2O5. The van der Waals surface area contributed by atoms with Gasteiger partial charge in [0.1, 0.15) is 6.04 Å². The highest BCUT2D eigenvalue weighted by atomic mass is 16.5. The Morgan fingerprint density at radius 1 is 1.41 bits per heavy atom. The van der Waals surface area contributed by atoms with Crippen molar-refractivity contribution >= 4 is 24.5 Å². The second kappa shape index (κ2) is 6.08. The van der Waals surface area contributed by atoms with Crippen molar-refractivity contribution in [3.63, 3.8) is 0 Å². The van der Waals surface area contributed by atoms with Crippen LogP contribution in [0.4, 0.5) is 0 Å². The van der Waals surface area contributed by atoms with Crippen LogP contribution in [-0.2, 0) is 16.1 Å². The minimum Gasteiger partial charge on any atom is -0.480 e. The van der Waals surface area contributed by atoms with E-state index in [1.165, 1.54) is 0 Å². The number of nitrogens with two attached hydrogens (primary N) is 1. The lowest BCUT2D eigenvalue weighted by atomic mass is 9.75. The molecule has 1 aliphatic rings. The summed E-state index contributed by atoms with van der Waals surface area (Å²) in [4.78, 5) is 23.8. The van der Waals surface area contributed by atoms with Crippen LogP contribution in [0, 0.1) is 12.8 Å². The number of amides is 1. The Hall–Kier alpha value is -1.90. The zero-order chi connectivity index (χ0) is 16.6. The van der Waals surface area contributed by atoms with Gasteiger partial charge in [-0.05, 0) is 35.5 Å². The van der Waals surface area contributed by atoms with Gasteiger partial charge in [0.2, 0.25) is 0 Å². The van der Waals surface area contributed by atoms with Crippen LogP contribution in [0.2, 0.25) is 0 Å². The highest BCUT2D eigenvalue weighted by Crippen LogP contribution is 2.19. The maximum absolute atomic E-state index is 12.5. The van der Waals surface area contributed by atoms with Gasteiger partial charge in [-0.15, -0.1) is 0 Å². The van der Waals surface area contributed by atoms with Crippen molar-refractivity contribution in [1.29, 1.82) is 0 Å². The third kappa shape index (κ3) is 2.72. The van der Waals surface area contributed by atoms with Crippen molar-refractivity contribution in [3.8, 4) is 0 Å². The quantitative estimate of drug-likeness (QED) is 0.303. The van der Waals surface area contributed by atoms with Gasteiger partial charge in [0.25, 0.3) is 5.91 Å². The molecule has 1 aromatic rings. The number of carboxylic acid groups (broad SMARTS) is 1. The molecule has 8 heteroatoms.